The van der Waals surface area contributed by atoms with Crippen molar-refractivity contribution in [2.75, 3.05) is 0 Å². The highest BCUT2D eigenvalue weighted by molar-refractivity contribution is 4.95. The monoisotopic (exact) mass is 157 g/mol. The first-order valence-corrected chi connectivity index (χ1v) is 3.71. The zero-order valence-corrected chi connectivity index (χ0v) is 7.39. The maximum Gasteiger partial charge on any atom is 0.222 e. The quantitative estimate of drug-likeness (QED) is 0.357. The van der Waals surface area contributed by atoms with Crippen LogP contribution in [0, 0.1) is 10.1 Å². The zero-order valence-electron chi connectivity index (χ0n) is 7.39. The summed E-state index contributed by atoms with van der Waals surface area (Å²) >= 11 is 0. The van der Waals surface area contributed by atoms with Gasteiger partial charge in [-0.25, -0.2) is 0 Å². The van der Waals surface area contributed by atoms with E-state index in [1.165, 1.54) is 0 Å². The van der Waals surface area contributed by atoms with Crippen molar-refractivity contribution in [2.24, 2.45) is 0 Å². The smallest absolute Gasteiger partial charge is 0.222 e. The van der Waals surface area contributed by atoms with Gasteiger partial charge in [0.1, 0.15) is 0 Å². The third-order valence-electron chi connectivity index (χ3n) is 1.89. The third-order valence-corrected chi connectivity index (χ3v) is 1.89. The maximum atomic E-state index is 10.6. The molecule has 0 N–H and O–H groups in total. The predicted molar refractivity (Wildman–Crippen MR) is 45.1 cm³/mol. The van der Waals surface area contributed by atoms with E-state index in [4.69, 9.17) is 0 Å². The van der Waals surface area contributed by atoms with E-state index >= 15 is 0 Å². The fourth-order valence-electron chi connectivity index (χ4n) is 0.969. The Morgan fingerprint density at radius 2 is 2.18 bits per heavy atom. The van der Waals surface area contributed by atoms with Gasteiger partial charge < -0.3 is 0 Å². The first-order valence-electron chi connectivity index (χ1n) is 3.71. The minimum Gasteiger partial charge on any atom is -0.264 e. The summed E-state index contributed by atoms with van der Waals surface area (Å²) in [4.78, 5) is 10.3. The number of hydrogen-bond donors (Lipinski definition) is 0. The summed E-state index contributed by atoms with van der Waals surface area (Å²) in [6.07, 6.45) is 1.02. The van der Waals surface area contributed by atoms with Crippen LogP contribution in [0.15, 0.2) is 12.2 Å². The number of hydrogen-bond acceptors (Lipinski definition) is 2. The number of nitro groups is 1. The lowest BCUT2D eigenvalue weighted by atomic mass is 9.92. The average Bonchev–Trinajstić information content (AvgIpc) is 1.86. The lowest BCUT2D eigenvalue weighted by molar-refractivity contribution is -0.565. The van der Waals surface area contributed by atoms with Crippen LogP contribution in [0.5, 0.6) is 0 Å². The molecule has 0 aliphatic carbocycles. The molecule has 0 aliphatic rings. The number of nitrogens with zero attached hydrogens (tertiary/aromatic N) is 1. The fourth-order valence-corrected chi connectivity index (χ4v) is 0.969. The van der Waals surface area contributed by atoms with Gasteiger partial charge in [-0.3, -0.25) is 10.1 Å². The third kappa shape index (κ3) is 2.70. The molecule has 0 fully saturated rings. The molecule has 64 valence electrons. The summed E-state index contributed by atoms with van der Waals surface area (Å²) in [5.74, 6) is 0. The molecule has 0 aliphatic heterocycles. The first kappa shape index (κ1) is 10.1. The maximum absolute atomic E-state index is 10.6. The minimum atomic E-state index is -0.814. The fraction of sp³-hybridized carbons (Fsp3) is 0.750. The van der Waals surface area contributed by atoms with Crippen molar-refractivity contribution in [3.05, 3.63) is 22.3 Å². The molecule has 0 bridgehead atoms. The van der Waals surface area contributed by atoms with Gasteiger partial charge in [-0.15, -0.1) is 0 Å². The molecule has 1 unspecified atom stereocenters. The highest BCUT2D eigenvalue weighted by Gasteiger charge is 2.34. The van der Waals surface area contributed by atoms with Crippen LogP contribution in [0.3, 0.4) is 0 Å². The molecule has 0 radical (unpaired) electrons. The van der Waals surface area contributed by atoms with Crippen LogP contribution in [0.2, 0.25) is 0 Å². The SMILES string of the molecule is C=C(C)CC(C)(CC)[N+](=O)[O-]. The molecule has 0 aromatic heterocycles. The van der Waals surface area contributed by atoms with Crippen molar-refractivity contribution >= 4 is 0 Å². The van der Waals surface area contributed by atoms with E-state index in [1.807, 2.05) is 13.8 Å². The summed E-state index contributed by atoms with van der Waals surface area (Å²) in [6, 6.07) is 0. The Balaban J connectivity index is 4.34. The van der Waals surface area contributed by atoms with Crippen molar-refractivity contribution in [2.45, 2.75) is 39.2 Å². The highest BCUT2D eigenvalue weighted by Crippen LogP contribution is 2.22. The van der Waals surface area contributed by atoms with Gasteiger partial charge in [0.05, 0.1) is 0 Å². The molecular weight excluding hydrogens is 142 g/mol. The average molecular weight is 157 g/mol. The van der Waals surface area contributed by atoms with Gasteiger partial charge in [0, 0.05) is 24.7 Å². The highest BCUT2D eigenvalue weighted by atomic mass is 16.6. The Hall–Kier alpha value is -0.860. The topological polar surface area (TPSA) is 43.1 Å². The van der Waals surface area contributed by atoms with Crippen LogP contribution >= 0.6 is 0 Å². The van der Waals surface area contributed by atoms with Crippen LogP contribution in [0.4, 0.5) is 0 Å². The minimum absolute atomic E-state index is 0.221. The Morgan fingerprint density at radius 3 is 2.27 bits per heavy atom. The Kier molecular flexibility index (Phi) is 3.23. The normalized spacial score (nSPS) is 15.5. The van der Waals surface area contributed by atoms with Gasteiger partial charge in [0.25, 0.3) is 0 Å². The van der Waals surface area contributed by atoms with Crippen LogP contribution in [-0.4, -0.2) is 10.5 Å². The van der Waals surface area contributed by atoms with Gasteiger partial charge in [-0.1, -0.05) is 19.1 Å². The van der Waals surface area contributed by atoms with E-state index in [1.54, 1.807) is 6.92 Å². The van der Waals surface area contributed by atoms with Gasteiger partial charge in [0.15, 0.2) is 0 Å². The predicted octanol–water partition coefficient (Wildman–Crippen LogP) is 2.40. The zero-order chi connectivity index (χ0) is 9.07. The molecule has 0 saturated carbocycles. The van der Waals surface area contributed by atoms with Crippen molar-refractivity contribution in [3.63, 3.8) is 0 Å². The molecule has 0 spiro atoms. The van der Waals surface area contributed by atoms with Crippen LogP contribution < -0.4 is 0 Å². The largest absolute Gasteiger partial charge is 0.264 e. The molecule has 11 heavy (non-hydrogen) atoms. The summed E-state index contributed by atoms with van der Waals surface area (Å²) in [7, 11) is 0. The molecule has 3 nitrogen and oxygen atoms in total. The van der Waals surface area contributed by atoms with E-state index in [2.05, 4.69) is 6.58 Å². The summed E-state index contributed by atoms with van der Waals surface area (Å²) in [5.41, 5.74) is 0.0531. The van der Waals surface area contributed by atoms with Crippen LogP contribution in [0.25, 0.3) is 0 Å². The molecule has 0 aromatic rings. The Bertz CT molecular complexity index is 177. The van der Waals surface area contributed by atoms with Crippen molar-refractivity contribution in [3.8, 4) is 0 Å². The van der Waals surface area contributed by atoms with Gasteiger partial charge in [-0.2, -0.15) is 0 Å². The van der Waals surface area contributed by atoms with E-state index < -0.39 is 5.54 Å². The Labute approximate surface area is 67.3 Å². The second-order valence-corrected chi connectivity index (χ2v) is 3.24. The first-order chi connectivity index (χ1) is 4.92. The van der Waals surface area contributed by atoms with Crippen LogP contribution in [0.1, 0.15) is 33.6 Å². The molecule has 0 saturated heterocycles. The van der Waals surface area contributed by atoms with E-state index in [0.29, 0.717) is 12.8 Å². The molecular formula is C8H15NO2. The molecule has 3 heteroatoms. The lowest BCUT2D eigenvalue weighted by Crippen LogP contribution is -2.33. The Morgan fingerprint density at radius 1 is 1.73 bits per heavy atom. The van der Waals surface area contributed by atoms with Crippen molar-refractivity contribution in [1.82, 2.24) is 0 Å². The van der Waals surface area contributed by atoms with E-state index in [0.717, 1.165) is 5.57 Å². The summed E-state index contributed by atoms with van der Waals surface area (Å²) < 4.78 is 0. The van der Waals surface area contributed by atoms with E-state index in [9.17, 15) is 10.1 Å². The molecule has 1 atom stereocenters. The van der Waals surface area contributed by atoms with Crippen molar-refractivity contribution < 1.29 is 4.92 Å². The molecule has 0 heterocycles. The molecule has 0 aromatic carbocycles. The molecule has 0 amide bonds. The molecule has 0 rings (SSSR count). The second kappa shape index (κ2) is 3.51. The van der Waals surface area contributed by atoms with Crippen LogP contribution in [-0.2, 0) is 0 Å². The van der Waals surface area contributed by atoms with Gasteiger partial charge >= 0.3 is 0 Å². The standard InChI is InChI=1S/C8H15NO2/c1-5-8(4,9(10)11)6-7(2)3/h2,5-6H2,1,3-4H3. The summed E-state index contributed by atoms with van der Waals surface area (Å²) in [6.45, 7) is 8.96. The lowest BCUT2D eigenvalue weighted by Gasteiger charge is -2.18. The number of rotatable bonds is 4. The van der Waals surface area contributed by atoms with Crippen molar-refractivity contribution in [1.29, 1.82) is 0 Å². The summed E-state index contributed by atoms with van der Waals surface area (Å²) in [5, 5.41) is 10.6. The van der Waals surface area contributed by atoms with Gasteiger partial charge in [-0.05, 0) is 6.92 Å². The van der Waals surface area contributed by atoms with Gasteiger partial charge in [0.2, 0.25) is 5.54 Å². The second-order valence-electron chi connectivity index (χ2n) is 3.24. The van der Waals surface area contributed by atoms with E-state index in [-0.39, 0.29) is 4.92 Å².